The molecule has 2 aromatic rings. The molecule has 0 unspecified atom stereocenters. The lowest BCUT2D eigenvalue weighted by Gasteiger charge is -2.33. The first-order chi connectivity index (χ1) is 12.4. The molecule has 0 amide bonds. The predicted molar refractivity (Wildman–Crippen MR) is 90.3 cm³/mol. The summed E-state index contributed by atoms with van der Waals surface area (Å²) in [6.45, 7) is 4.93. The van der Waals surface area contributed by atoms with E-state index in [1.165, 1.54) is 18.2 Å². The Morgan fingerprint density at radius 3 is 1.67 bits per heavy atom. The molecule has 27 heavy (non-hydrogen) atoms. The van der Waals surface area contributed by atoms with Crippen LogP contribution >= 0.6 is 0 Å². The third kappa shape index (κ3) is 3.69. The average molecular weight is 392 g/mol. The number of aryl methyl sites for hydroxylation is 3. The van der Waals surface area contributed by atoms with Gasteiger partial charge in [-0.05, 0) is 42.0 Å². The van der Waals surface area contributed by atoms with Crippen molar-refractivity contribution in [3.8, 4) is 11.1 Å². The zero-order valence-corrected chi connectivity index (χ0v) is 15.0. The molecular weight excluding hydrogens is 373 g/mol. The van der Waals surface area contributed by atoms with Gasteiger partial charge in [0.25, 0.3) is 0 Å². The van der Waals surface area contributed by atoms with Gasteiger partial charge in [0.1, 0.15) is 0 Å². The molecule has 0 atom stereocenters. The van der Waals surface area contributed by atoms with E-state index in [0.29, 0.717) is 6.07 Å². The lowest BCUT2D eigenvalue weighted by atomic mass is 9.82. The highest BCUT2D eigenvalue weighted by Gasteiger charge is 2.74. The first kappa shape index (κ1) is 21.3. The van der Waals surface area contributed by atoms with Crippen LogP contribution in [0.5, 0.6) is 0 Å². The molecule has 0 bridgehead atoms. The quantitative estimate of drug-likeness (QED) is 0.488. The second-order valence-electron chi connectivity index (χ2n) is 6.40. The Balaban J connectivity index is 2.98. The maximum Gasteiger partial charge on any atom is 0.435 e. The summed E-state index contributed by atoms with van der Waals surface area (Å²) in [5, 5.41) is 0. The molecule has 7 heteroatoms. The fraction of sp³-hybridized carbons (Fsp3) is 0.400. The summed E-state index contributed by atoms with van der Waals surface area (Å²) in [6.07, 6.45) is -12.0. The summed E-state index contributed by atoms with van der Waals surface area (Å²) in [7, 11) is 0. The zero-order chi connectivity index (χ0) is 20.6. The summed E-state index contributed by atoms with van der Waals surface area (Å²) < 4.78 is 95.5. The van der Waals surface area contributed by atoms with E-state index < -0.39 is 23.6 Å². The minimum absolute atomic E-state index is 0.116. The van der Waals surface area contributed by atoms with Crippen LogP contribution in [0.3, 0.4) is 0 Å². The summed E-state index contributed by atoms with van der Waals surface area (Å²) in [4.78, 5) is 0. The molecule has 0 spiro atoms. The Morgan fingerprint density at radius 2 is 1.26 bits per heavy atom. The number of hydrogen-bond acceptors (Lipinski definition) is 0. The summed E-state index contributed by atoms with van der Waals surface area (Å²) >= 11 is 0. The van der Waals surface area contributed by atoms with E-state index in [0.717, 1.165) is 5.56 Å². The second-order valence-corrected chi connectivity index (χ2v) is 6.40. The first-order valence-corrected chi connectivity index (χ1v) is 8.42. The molecule has 0 aromatic heterocycles. The van der Waals surface area contributed by atoms with Crippen molar-refractivity contribution in [3.05, 3.63) is 58.7 Å². The molecule has 0 saturated heterocycles. The lowest BCUT2D eigenvalue weighted by molar-refractivity contribution is -0.348. The van der Waals surface area contributed by atoms with Gasteiger partial charge < -0.3 is 0 Å². The van der Waals surface area contributed by atoms with Crippen LogP contribution in [0.15, 0.2) is 36.4 Å². The number of rotatable bonds is 4. The Labute approximate surface area is 153 Å². The highest BCUT2D eigenvalue weighted by atomic mass is 19.4. The van der Waals surface area contributed by atoms with Crippen molar-refractivity contribution in [1.29, 1.82) is 0 Å². The molecule has 0 radical (unpaired) electrons. The van der Waals surface area contributed by atoms with Crippen LogP contribution in [0.25, 0.3) is 11.1 Å². The molecule has 0 fully saturated rings. The largest absolute Gasteiger partial charge is 0.435 e. The number of benzene rings is 2. The van der Waals surface area contributed by atoms with E-state index in [1.54, 1.807) is 32.9 Å². The topological polar surface area (TPSA) is 0 Å². The van der Waals surface area contributed by atoms with Gasteiger partial charge in [-0.25, -0.2) is 4.39 Å². The van der Waals surface area contributed by atoms with E-state index in [4.69, 9.17) is 0 Å². The third-order valence-electron chi connectivity index (χ3n) is 4.56. The monoisotopic (exact) mass is 392 g/mol. The Hall–Kier alpha value is -2.05. The van der Waals surface area contributed by atoms with Crippen LogP contribution in [0.4, 0.5) is 30.7 Å². The average Bonchev–Trinajstić information content (AvgIpc) is 2.58. The summed E-state index contributed by atoms with van der Waals surface area (Å²) in [6, 6.07) is 8.17. The van der Waals surface area contributed by atoms with Crippen LogP contribution < -0.4 is 0 Å². The number of hydrogen-bond donors (Lipinski definition) is 0. The Morgan fingerprint density at radius 1 is 0.741 bits per heavy atom. The minimum Gasteiger partial charge on any atom is -0.218 e. The van der Waals surface area contributed by atoms with Crippen molar-refractivity contribution in [3.63, 3.8) is 0 Å². The van der Waals surface area contributed by atoms with E-state index >= 15 is 0 Å². The van der Waals surface area contributed by atoms with Crippen LogP contribution in [0, 0.1) is 6.92 Å². The summed E-state index contributed by atoms with van der Waals surface area (Å²) in [5.74, 6) is 0. The molecule has 2 rings (SSSR count). The standard InChI is InChI=1S/C20H19F7/c1-4-13-10-14(5-2)17(15-8-6-12(3)7-9-15)16(11-13)18(21,19(22,23)24)20(25,26)27/h6-11H,4-5H2,1-3H3. The van der Waals surface area contributed by atoms with E-state index in [9.17, 15) is 30.7 Å². The van der Waals surface area contributed by atoms with Crippen LogP contribution in [0.1, 0.15) is 36.1 Å². The number of alkyl halides is 7. The van der Waals surface area contributed by atoms with Crippen molar-refractivity contribution in [2.24, 2.45) is 0 Å². The Kier molecular flexibility index (Phi) is 5.64. The van der Waals surface area contributed by atoms with Gasteiger partial charge >= 0.3 is 18.0 Å². The maximum absolute atomic E-state index is 14.9. The van der Waals surface area contributed by atoms with Crippen LogP contribution in [0.2, 0.25) is 0 Å². The lowest BCUT2D eigenvalue weighted by Crippen LogP contribution is -2.50. The second kappa shape index (κ2) is 7.17. The van der Waals surface area contributed by atoms with Gasteiger partial charge in [0.05, 0.1) is 0 Å². The fourth-order valence-corrected chi connectivity index (χ4v) is 3.05. The van der Waals surface area contributed by atoms with Gasteiger partial charge in [0.15, 0.2) is 0 Å². The van der Waals surface area contributed by atoms with Crippen molar-refractivity contribution < 1.29 is 30.7 Å². The molecule has 0 heterocycles. The molecule has 0 aliphatic rings. The SMILES string of the molecule is CCc1cc(CC)c(-c2ccc(C)cc2)c(C(F)(C(F)(F)F)C(F)(F)F)c1. The first-order valence-electron chi connectivity index (χ1n) is 8.42. The summed E-state index contributed by atoms with van der Waals surface area (Å²) in [5.41, 5.74) is -5.87. The molecule has 0 aliphatic carbocycles. The smallest absolute Gasteiger partial charge is 0.218 e. The molecule has 0 nitrogen and oxygen atoms in total. The van der Waals surface area contributed by atoms with Crippen LogP contribution in [-0.2, 0) is 18.5 Å². The van der Waals surface area contributed by atoms with Crippen molar-refractivity contribution in [2.75, 3.05) is 0 Å². The van der Waals surface area contributed by atoms with Crippen molar-refractivity contribution in [2.45, 2.75) is 51.6 Å². The van der Waals surface area contributed by atoms with E-state index in [2.05, 4.69) is 0 Å². The fourth-order valence-electron chi connectivity index (χ4n) is 3.05. The predicted octanol–water partition coefficient (Wildman–Crippen LogP) is 7.08. The van der Waals surface area contributed by atoms with Crippen molar-refractivity contribution in [1.82, 2.24) is 0 Å². The van der Waals surface area contributed by atoms with E-state index in [1.807, 2.05) is 0 Å². The number of halogens is 7. The third-order valence-corrected chi connectivity index (χ3v) is 4.56. The molecule has 148 valence electrons. The van der Waals surface area contributed by atoms with Crippen LogP contribution in [-0.4, -0.2) is 12.4 Å². The van der Waals surface area contributed by atoms with Gasteiger partial charge in [0, 0.05) is 5.56 Å². The zero-order valence-electron chi connectivity index (χ0n) is 15.0. The highest BCUT2D eigenvalue weighted by molar-refractivity contribution is 5.73. The van der Waals surface area contributed by atoms with Gasteiger partial charge in [-0.2, -0.15) is 26.3 Å². The Bertz CT molecular complexity index is 785. The normalized spacial score (nSPS) is 13.1. The van der Waals surface area contributed by atoms with Gasteiger partial charge in [-0.15, -0.1) is 0 Å². The molecule has 0 N–H and O–H groups in total. The van der Waals surface area contributed by atoms with E-state index in [-0.39, 0.29) is 35.1 Å². The van der Waals surface area contributed by atoms with Gasteiger partial charge in [-0.1, -0.05) is 55.8 Å². The highest BCUT2D eigenvalue weighted by Crippen LogP contribution is 2.56. The maximum atomic E-state index is 14.9. The minimum atomic E-state index is -6.15. The van der Waals surface area contributed by atoms with Crippen molar-refractivity contribution >= 4 is 0 Å². The molecule has 0 aliphatic heterocycles. The molecule has 0 saturated carbocycles. The molecule has 2 aromatic carbocycles. The van der Waals surface area contributed by atoms with Gasteiger partial charge in [0.2, 0.25) is 0 Å². The van der Waals surface area contributed by atoms with Gasteiger partial charge in [-0.3, -0.25) is 0 Å². The molecular formula is C20H19F7.